The largest absolute Gasteiger partial charge is 0.493 e. The van der Waals surface area contributed by atoms with Gasteiger partial charge in [-0.25, -0.2) is 4.98 Å². The lowest BCUT2D eigenvalue weighted by molar-refractivity contribution is 0.355. The standard InChI is InChI=1S/C22H21N3O3/c1-14-8-9-25(13-14)16-6-4-15(5-7-16)10-21-23-18-12-20(28-3)19(27-2)11-17(18)22(26)24-21/h4-9,11-13H,10H2,1-3H3,(H,23,24,26). The molecule has 4 aromatic rings. The Bertz CT molecular complexity index is 1190. The average molecular weight is 375 g/mol. The van der Waals surface area contributed by atoms with Gasteiger partial charge in [-0.1, -0.05) is 12.1 Å². The summed E-state index contributed by atoms with van der Waals surface area (Å²) in [6.07, 6.45) is 4.65. The SMILES string of the molecule is COc1cc2nc(Cc3ccc(-n4ccc(C)c4)cc3)[nH]c(=O)c2cc1OC. The van der Waals surface area contributed by atoms with Crippen molar-refractivity contribution in [3.05, 3.63) is 82.2 Å². The third-order valence-corrected chi connectivity index (χ3v) is 4.71. The van der Waals surface area contributed by atoms with E-state index >= 15 is 0 Å². The van der Waals surface area contributed by atoms with E-state index in [0.717, 1.165) is 11.3 Å². The van der Waals surface area contributed by atoms with Gasteiger partial charge in [-0.3, -0.25) is 4.79 Å². The number of aromatic nitrogens is 3. The molecule has 0 atom stereocenters. The summed E-state index contributed by atoms with van der Waals surface area (Å²) in [5, 5.41) is 0.472. The second kappa shape index (κ2) is 7.23. The van der Waals surface area contributed by atoms with Gasteiger partial charge in [-0.2, -0.15) is 0 Å². The predicted molar refractivity (Wildman–Crippen MR) is 109 cm³/mol. The fraction of sp³-hybridized carbons (Fsp3) is 0.182. The van der Waals surface area contributed by atoms with Crippen molar-refractivity contribution in [1.82, 2.24) is 14.5 Å². The molecule has 0 radical (unpaired) electrons. The highest BCUT2D eigenvalue weighted by Crippen LogP contribution is 2.30. The van der Waals surface area contributed by atoms with Gasteiger partial charge in [0.05, 0.1) is 25.1 Å². The Labute approximate surface area is 162 Å². The summed E-state index contributed by atoms with van der Waals surface area (Å²) >= 11 is 0. The number of nitrogens with one attached hydrogen (secondary N) is 1. The quantitative estimate of drug-likeness (QED) is 0.578. The number of H-pyrrole nitrogens is 1. The summed E-state index contributed by atoms with van der Waals surface area (Å²) in [6, 6.07) is 13.7. The molecule has 142 valence electrons. The number of nitrogens with zero attached hydrogens (tertiary/aromatic N) is 2. The molecular weight excluding hydrogens is 354 g/mol. The van der Waals surface area contributed by atoms with Crippen LogP contribution in [0.5, 0.6) is 11.5 Å². The number of ether oxygens (including phenoxy) is 2. The van der Waals surface area contributed by atoms with Crippen LogP contribution in [-0.4, -0.2) is 28.8 Å². The molecule has 0 aliphatic rings. The number of benzene rings is 2. The van der Waals surface area contributed by atoms with E-state index in [4.69, 9.17) is 9.47 Å². The first-order chi connectivity index (χ1) is 13.6. The van der Waals surface area contributed by atoms with Crippen LogP contribution < -0.4 is 15.0 Å². The summed E-state index contributed by atoms with van der Waals surface area (Å²) < 4.78 is 12.7. The van der Waals surface area contributed by atoms with Crippen molar-refractivity contribution in [2.45, 2.75) is 13.3 Å². The molecule has 0 fully saturated rings. The lowest BCUT2D eigenvalue weighted by Crippen LogP contribution is -2.12. The van der Waals surface area contributed by atoms with Gasteiger partial charge in [0, 0.05) is 30.6 Å². The number of hydrogen-bond donors (Lipinski definition) is 1. The summed E-state index contributed by atoms with van der Waals surface area (Å²) in [4.78, 5) is 20.0. The third kappa shape index (κ3) is 3.36. The summed E-state index contributed by atoms with van der Waals surface area (Å²) in [6.45, 7) is 2.07. The number of hydrogen-bond acceptors (Lipinski definition) is 4. The van der Waals surface area contributed by atoms with Crippen molar-refractivity contribution in [3.8, 4) is 17.2 Å². The fourth-order valence-electron chi connectivity index (χ4n) is 3.24. The average Bonchev–Trinajstić information content (AvgIpc) is 3.14. The van der Waals surface area contributed by atoms with E-state index in [-0.39, 0.29) is 5.56 Å². The first-order valence-corrected chi connectivity index (χ1v) is 8.96. The highest BCUT2D eigenvalue weighted by molar-refractivity contribution is 5.81. The van der Waals surface area contributed by atoms with E-state index in [0.29, 0.717) is 34.6 Å². The molecule has 28 heavy (non-hydrogen) atoms. The van der Waals surface area contributed by atoms with E-state index in [1.165, 1.54) is 5.56 Å². The molecule has 0 aliphatic heterocycles. The van der Waals surface area contributed by atoms with Gasteiger partial charge < -0.3 is 19.0 Å². The third-order valence-electron chi connectivity index (χ3n) is 4.71. The minimum atomic E-state index is -0.194. The zero-order valence-corrected chi connectivity index (χ0v) is 16.0. The molecule has 2 aromatic carbocycles. The highest BCUT2D eigenvalue weighted by atomic mass is 16.5. The van der Waals surface area contributed by atoms with Gasteiger partial charge in [0.1, 0.15) is 5.82 Å². The topological polar surface area (TPSA) is 69.1 Å². The molecule has 0 bridgehead atoms. The normalized spacial score (nSPS) is 11.0. The first kappa shape index (κ1) is 17.9. The summed E-state index contributed by atoms with van der Waals surface area (Å²) in [5.74, 6) is 1.66. The molecule has 0 aliphatic carbocycles. The van der Waals surface area contributed by atoms with Gasteiger partial charge in [-0.15, -0.1) is 0 Å². The van der Waals surface area contributed by atoms with E-state index in [2.05, 4.69) is 45.9 Å². The molecule has 6 nitrogen and oxygen atoms in total. The van der Waals surface area contributed by atoms with Crippen molar-refractivity contribution < 1.29 is 9.47 Å². The van der Waals surface area contributed by atoms with E-state index in [1.54, 1.807) is 26.4 Å². The Morgan fingerprint density at radius 1 is 1.04 bits per heavy atom. The minimum absolute atomic E-state index is 0.194. The molecule has 6 heteroatoms. The van der Waals surface area contributed by atoms with Gasteiger partial charge >= 0.3 is 0 Å². The van der Waals surface area contributed by atoms with Crippen molar-refractivity contribution in [2.24, 2.45) is 0 Å². The number of rotatable bonds is 5. The van der Waals surface area contributed by atoms with Crippen LogP contribution in [0.1, 0.15) is 17.0 Å². The summed E-state index contributed by atoms with van der Waals surface area (Å²) in [7, 11) is 3.10. The van der Waals surface area contributed by atoms with Crippen LogP contribution in [0.15, 0.2) is 59.7 Å². The monoisotopic (exact) mass is 375 g/mol. The van der Waals surface area contributed by atoms with Crippen LogP contribution >= 0.6 is 0 Å². The predicted octanol–water partition coefficient (Wildman–Crippen LogP) is 3.63. The molecule has 4 rings (SSSR count). The Kier molecular flexibility index (Phi) is 4.61. The lowest BCUT2D eigenvalue weighted by Gasteiger charge is -2.10. The van der Waals surface area contributed by atoms with Crippen molar-refractivity contribution in [1.29, 1.82) is 0 Å². The van der Waals surface area contributed by atoms with Gasteiger partial charge in [0.25, 0.3) is 5.56 Å². The van der Waals surface area contributed by atoms with Gasteiger partial charge in [0.2, 0.25) is 0 Å². The molecule has 2 heterocycles. The molecule has 0 saturated heterocycles. The van der Waals surface area contributed by atoms with Crippen LogP contribution in [0.25, 0.3) is 16.6 Å². The smallest absolute Gasteiger partial charge is 0.258 e. The molecule has 0 unspecified atom stereocenters. The number of methoxy groups -OCH3 is 2. The maximum absolute atomic E-state index is 12.5. The van der Waals surface area contributed by atoms with Crippen LogP contribution in [0.2, 0.25) is 0 Å². The van der Waals surface area contributed by atoms with Crippen molar-refractivity contribution in [2.75, 3.05) is 14.2 Å². The van der Waals surface area contributed by atoms with E-state index < -0.39 is 0 Å². The van der Waals surface area contributed by atoms with Gasteiger partial charge in [0.15, 0.2) is 11.5 Å². The molecule has 0 amide bonds. The zero-order chi connectivity index (χ0) is 19.7. The molecular formula is C22H21N3O3. The first-order valence-electron chi connectivity index (χ1n) is 8.96. The Balaban J connectivity index is 1.65. The second-order valence-corrected chi connectivity index (χ2v) is 6.68. The van der Waals surface area contributed by atoms with E-state index in [9.17, 15) is 4.79 Å². The number of aromatic amines is 1. The Morgan fingerprint density at radius 3 is 2.39 bits per heavy atom. The Morgan fingerprint density at radius 2 is 1.75 bits per heavy atom. The van der Waals surface area contributed by atoms with Crippen LogP contribution in [0.4, 0.5) is 0 Å². The van der Waals surface area contributed by atoms with Gasteiger partial charge in [-0.05, 0) is 42.3 Å². The molecule has 0 spiro atoms. The van der Waals surface area contributed by atoms with Crippen molar-refractivity contribution in [3.63, 3.8) is 0 Å². The molecule has 1 N–H and O–H groups in total. The second-order valence-electron chi connectivity index (χ2n) is 6.68. The highest BCUT2D eigenvalue weighted by Gasteiger charge is 2.11. The van der Waals surface area contributed by atoms with Crippen LogP contribution in [-0.2, 0) is 6.42 Å². The zero-order valence-electron chi connectivity index (χ0n) is 16.0. The van der Waals surface area contributed by atoms with E-state index in [1.807, 2.05) is 18.3 Å². The van der Waals surface area contributed by atoms with Crippen LogP contribution in [0, 0.1) is 6.92 Å². The minimum Gasteiger partial charge on any atom is -0.493 e. The maximum atomic E-state index is 12.5. The van der Waals surface area contributed by atoms with Crippen LogP contribution in [0.3, 0.4) is 0 Å². The maximum Gasteiger partial charge on any atom is 0.258 e. The fourth-order valence-corrected chi connectivity index (χ4v) is 3.24. The number of fused-ring (bicyclic) bond motifs is 1. The number of aryl methyl sites for hydroxylation is 1. The molecule has 0 saturated carbocycles. The van der Waals surface area contributed by atoms with Crippen molar-refractivity contribution >= 4 is 10.9 Å². The molecule has 2 aromatic heterocycles. The Hall–Kier alpha value is -3.54. The summed E-state index contributed by atoms with van der Waals surface area (Å²) in [5.41, 5.74) is 3.76. The lowest BCUT2D eigenvalue weighted by atomic mass is 10.1.